The first-order chi connectivity index (χ1) is 8.17. The number of aliphatic hydroxyl groups is 1. The average molecular weight is 325 g/mol. The van der Waals surface area contributed by atoms with Crippen LogP contribution in [-0.2, 0) is 33.4 Å². The van der Waals surface area contributed by atoms with Gasteiger partial charge in [0.2, 0.25) is 4.24 Å². The van der Waals surface area contributed by atoms with Crippen molar-refractivity contribution in [2.24, 2.45) is 0 Å². The van der Waals surface area contributed by atoms with Crippen LogP contribution in [0.3, 0.4) is 0 Å². The standard InChI is InChI=1S/C7H10O9S2.Na/c8-5(1-2-6(9)10)7-17(11,12)15-3-4-16-18(7,13)14;/h8H,1-4H2,(H,9,10);. The molecule has 0 spiro atoms. The number of aliphatic carboxylic acids is 1. The Kier molecular flexibility index (Phi) is 6.95. The van der Waals surface area contributed by atoms with Gasteiger partial charge >= 0.3 is 26.2 Å². The summed E-state index contributed by atoms with van der Waals surface area (Å²) in [5.41, 5.74) is 0. The van der Waals surface area contributed by atoms with Crippen molar-refractivity contribution >= 4 is 55.8 Å². The molecule has 0 bridgehead atoms. The number of carbonyl (C=O) groups is 1. The molecule has 0 atom stereocenters. The van der Waals surface area contributed by atoms with Gasteiger partial charge in [-0.25, -0.2) is 0 Å². The van der Waals surface area contributed by atoms with Crippen LogP contribution in [0.5, 0.6) is 0 Å². The van der Waals surface area contributed by atoms with Crippen LogP contribution in [-0.4, -0.2) is 75.8 Å². The van der Waals surface area contributed by atoms with Crippen molar-refractivity contribution in [3.8, 4) is 0 Å². The second-order valence-corrected chi connectivity index (χ2v) is 6.54. The molecule has 1 heterocycles. The molecule has 1 saturated heterocycles. The molecule has 0 aromatic rings. The summed E-state index contributed by atoms with van der Waals surface area (Å²) < 4.78 is 52.9. The van der Waals surface area contributed by atoms with Gasteiger partial charge in [-0.2, -0.15) is 16.8 Å². The molecule has 9 nitrogen and oxygen atoms in total. The molecule has 0 aliphatic carbocycles. The molecule has 0 aromatic heterocycles. The average Bonchev–Trinajstić information content (AvgIpc) is 2.30. The van der Waals surface area contributed by atoms with Crippen molar-refractivity contribution in [3.05, 3.63) is 10.00 Å². The fourth-order valence-corrected chi connectivity index (χ4v) is 3.99. The first-order valence-electron chi connectivity index (χ1n) is 4.59. The van der Waals surface area contributed by atoms with E-state index in [0.717, 1.165) is 0 Å². The SMILES string of the molecule is O=C(O)CCC(O)=C1S(=O)(=O)OCCOS1(=O)=O.[Na]. The Morgan fingerprint density at radius 1 is 1.00 bits per heavy atom. The van der Waals surface area contributed by atoms with Gasteiger partial charge in [0.25, 0.3) is 0 Å². The smallest absolute Gasteiger partial charge is 0.314 e. The number of rotatable bonds is 3. The molecule has 0 amide bonds. The molecule has 1 rings (SSSR count). The first kappa shape index (κ1) is 18.8. The van der Waals surface area contributed by atoms with Crippen LogP contribution >= 0.6 is 0 Å². The maximum absolute atomic E-state index is 11.5. The van der Waals surface area contributed by atoms with Crippen LogP contribution in [0.4, 0.5) is 0 Å². The van der Waals surface area contributed by atoms with Crippen molar-refractivity contribution in [2.45, 2.75) is 12.8 Å². The van der Waals surface area contributed by atoms with Gasteiger partial charge < -0.3 is 10.2 Å². The predicted octanol–water partition coefficient (Wildman–Crippen LogP) is -1.10. The van der Waals surface area contributed by atoms with E-state index in [0.29, 0.717) is 0 Å². The fraction of sp³-hybridized carbons (Fsp3) is 0.571. The normalized spacial score (nSPS) is 20.9. The van der Waals surface area contributed by atoms with Crippen molar-refractivity contribution < 1.29 is 40.2 Å². The second-order valence-electron chi connectivity index (χ2n) is 3.18. The number of carboxylic acids is 1. The van der Waals surface area contributed by atoms with E-state index >= 15 is 0 Å². The van der Waals surface area contributed by atoms with Crippen molar-refractivity contribution in [1.29, 1.82) is 0 Å². The quantitative estimate of drug-likeness (QED) is 0.375. The second kappa shape index (κ2) is 7.02. The minimum absolute atomic E-state index is 0. The maximum atomic E-state index is 11.5. The third kappa shape index (κ3) is 5.02. The van der Waals surface area contributed by atoms with Gasteiger partial charge in [-0.1, -0.05) is 0 Å². The largest absolute Gasteiger partial charge is 0.510 e. The molecule has 1 radical (unpaired) electrons. The summed E-state index contributed by atoms with van der Waals surface area (Å²) in [7, 11) is -9.38. The van der Waals surface area contributed by atoms with Gasteiger partial charge in [-0.15, -0.1) is 0 Å². The number of allylic oxidation sites excluding steroid dienone is 1. The van der Waals surface area contributed by atoms with Crippen molar-refractivity contribution in [1.82, 2.24) is 0 Å². The maximum Gasteiger partial charge on any atom is 0.314 e. The topological polar surface area (TPSA) is 144 Å². The Labute approximate surface area is 131 Å². The molecule has 1 fully saturated rings. The minimum Gasteiger partial charge on any atom is -0.510 e. The molecular weight excluding hydrogens is 315 g/mol. The molecule has 12 heteroatoms. The van der Waals surface area contributed by atoms with E-state index in [-0.39, 0.29) is 29.6 Å². The Morgan fingerprint density at radius 3 is 1.79 bits per heavy atom. The summed E-state index contributed by atoms with van der Waals surface area (Å²) in [6, 6.07) is 0. The van der Waals surface area contributed by atoms with Crippen LogP contribution in [0.15, 0.2) is 10.00 Å². The molecule has 1 aliphatic heterocycles. The molecule has 0 saturated carbocycles. The van der Waals surface area contributed by atoms with E-state index < -0.39 is 62.3 Å². The summed E-state index contributed by atoms with van der Waals surface area (Å²) in [4.78, 5) is 10.3. The number of aliphatic hydroxyl groups excluding tert-OH is 1. The fourth-order valence-electron chi connectivity index (χ4n) is 1.14. The van der Waals surface area contributed by atoms with E-state index in [4.69, 9.17) is 5.11 Å². The zero-order valence-corrected chi connectivity index (χ0v) is 13.5. The van der Waals surface area contributed by atoms with Gasteiger partial charge in [0.1, 0.15) is 5.76 Å². The minimum atomic E-state index is -4.69. The van der Waals surface area contributed by atoms with Crippen molar-refractivity contribution in [2.75, 3.05) is 13.2 Å². The molecule has 2 N–H and O–H groups in total. The monoisotopic (exact) mass is 325 g/mol. The predicted molar refractivity (Wildman–Crippen MR) is 62.0 cm³/mol. The Balaban J connectivity index is 0.00000324. The van der Waals surface area contributed by atoms with Gasteiger partial charge in [0, 0.05) is 36.0 Å². The summed E-state index contributed by atoms with van der Waals surface area (Å²) in [5, 5.41) is 17.8. The molecule has 105 valence electrons. The van der Waals surface area contributed by atoms with E-state index in [9.17, 15) is 26.7 Å². The third-order valence-electron chi connectivity index (χ3n) is 1.83. The van der Waals surface area contributed by atoms with Crippen LogP contribution in [0, 0.1) is 0 Å². The van der Waals surface area contributed by atoms with Crippen LogP contribution in [0.1, 0.15) is 12.8 Å². The van der Waals surface area contributed by atoms with Crippen molar-refractivity contribution in [3.63, 3.8) is 0 Å². The Bertz CT molecular complexity index is 536. The molecule has 19 heavy (non-hydrogen) atoms. The number of carboxylic acid groups (broad SMARTS) is 1. The van der Waals surface area contributed by atoms with E-state index in [1.165, 1.54) is 0 Å². The van der Waals surface area contributed by atoms with Gasteiger partial charge in [-0.05, 0) is 0 Å². The van der Waals surface area contributed by atoms with Crippen LogP contribution in [0.25, 0.3) is 0 Å². The number of hydrogen-bond donors (Lipinski definition) is 2. The Morgan fingerprint density at radius 2 is 1.42 bits per heavy atom. The molecule has 1 aliphatic rings. The van der Waals surface area contributed by atoms with Crippen LogP contribution < -0.4 is 0 Å². The molecular formula is C7H10NaO9S2. The Hall–Kier alpha value is -0.170. The number of hydrogen-bond acceptors (Lipinski definition) is 8. The summed E-state index contributed by atoms with van der Waals surface area (Å²) in [6.07, 6.45) is -1.31. The van der Waals surface area contributed by atoms with Gasteiger partial charge in [0.05, 0.1) is 19.6 Å². The third-order valence-corrected chi connectivity index (χ3v) is 5.38. The summed E-state index contributed by atoms with van der Waals surface area (Å²) in [6.45, 7) is -1.03. The van der Waals surface area contributed by atoms with Gasteiger partial charge in [-0.3, -0.25) is 13.2 Å². The summed E-state index contributed by atoms with van der Waals surface area (Å²) >= 11 is 0. The first-order valence-corrected chi connectivity index (χ1v) is 7.41. The zero-order valence-electron chi connectivity index (χ0n) is 9.90. The summed E-state index contributed by atoms with van der Waals surface area (Å²) in [5.74, 6) is -2.45. The van der Waals surface area contributed by atoms with Gasteiger partial charge in [0.15, 0.2) is 0 Å². The zero-order chi connectivity index (χ0) is 14.0. The van der Waals surface area contributed by atoms with E-state index in [1.807, 2.05) is 0 Å². The molecule has 0 aromatic carbocycles. The van der Waals surface area contributed by atoms with E-state index in [2.05, 4.69) is 8.37 Å². The van der Waals surface area contributed by atoms with Crippen LogP contribution in [0.2, 0.25) is 0 Å². The van der Waals surface area contributed by atoms with E-state index in [1.54, 1.807) is 0 Å². The molecule has 0 unspecified atom stereocenters.